The lowest BCUT2D eigenvalue weighted by atomic mass is 10.2. The van der Waals surface area contributed by atoms with Crippen molar-refractivity contribution in [3.8, 4) is 11.4 Å². The van der Waals surface area contributed by atoms with Crippen LogP contribution in [0.3, 0.4) is 0 Å². The van der Waals surface area contributed by atoms with Gasteiger partial charge in [0.15, 0.2) is 16.1 Å². The number of thiazole rings is 1. The molecular formula is C21H22FN5O2S2. The number of amides is 1. The van der Waals surface area contributed by atoms with E-state index in [0.717, 1.165) is 50.0 Å². The van der Waals surface area contributed by atoms with Gasteiger partial charge in [-0.15, -0.1) is 21.5 Å². The van der Waals surface area contributed by atoms with Crippen LogP contribution in [0.2, 0.25) is 0 Å². The number of nitrogens with zero attached hydrogens (tertiary/aromatic N) is 4. The van der Waals surface area contributed by atoms with Crippen LogP contribution < -0.4 is 5.32 Å². The lowest BCUT2D eigenvalue weighted by Crippen LogP contribution is -2.18. The SMILES string of the molecule is O=C(CSc1nnc(-c2ccc(F)cc2)n1CC1CCCO1)Nc1nc2c(s1)CCC2. The van der Waals surface area contributed by atoms with E-state index in [1.54, 1.807) is 23.5 Å². The number of fused-ring (bicyclic) bond motifs is 1. The van der Waals surface area contributed by atoms with Gasteiger partial charge in [-0.3, -0.25) is 9.36 Å². The van der Waals surface area contributed by atoms with Gasteiger partial charge in [-0.05, 0) is 56.4 Å². The molecule has 1 N–H and O–H groups in total. The number of aryl methyl sites for hydroxylation is 2. The Bertz CT molecular complexity index is 1050. The fourth-order valence-electron chi connectivity index (χ4n) is 3.89. The van der Waals surface area contributed by atoms with Crippen molar-refractivity contribution < 1.29 is 13.9 Å². The van der Waals surface area contributed by atoms with E-state index in [-0.39, 0.29) is 23.6 Å². The molecule has 0 bridgehead atoms. The molecule has 0 spiro atoms. The highest BCUT2D eigenvalue weighted by molar-refractivity contribution is 7.99. The molecule has 1 atom stereocenters. The van der Waals surface area contributed by atoms with E-state index in [1.807, 2.05) is 4.57 Å². The summed E-state index contributed by atoms with van der Waals surface area (Å²) in [5.41, 5.74) is 1.90. The molecule has 0 radical (unpaired) electrons. The van der Waals surface area contributed by atoms with E-state index in [0.29, 0.717) is 22.7 Å². The number of carbonyl (C=O) groups is 1. The van der Waals surface area contributed by atoms with E-state index >= 15 is 0 Å². The van der Waals surface area contributed by atoms with Gasteiger partial charge in [0, 0.05) is 17.0 Å². The monoisotopic (exact) mass is 459 g/mol. The molecule has 31 heavy (non-hydrogen) atoms. The zero-order chi connectivity index (χ0) is 21.2. The Labute approximate surface area is 187 Å². The van der Waals surface area contributed by atoms with Crippen molar-refractivity contribution in [2.45, 2.75) is 49.9 Å². The van der Waals surface area contributed by atoms with Crippen LogP contribution in [0.4, 0.5) is 9.52 Å². The third-order valence-electron chi connectivity index (χ3n) is 5.40. The van der Waals surface area contributed by atoms with Crippen LogP contribution in [0.5, 0.6) is 0 Å². The van der Waals surface area contributed by atoms with Gasteiger partial charge in [0.25, 0.3) is 0 Å². The van der Waals surface area contributed by atoms with E-state index in [4.69, 9.17) is 4.74 Å². The summed E-state index contributed by atoms with van der Waals surface area (Å²) in [5.74, 6) is 0.438. The molecular weight excluding hydrogens is 437 g/mol. The Hall–Kier alpha value is -2.30. The summed E-state index contributed by atoms with van der Waals surface area (Å²) in [6.07, 6.45) is 5.28. The Balaban J connectivity index is 1.30. The molecule has 2 aliphatic rings. The standard InChI is InChI=1S/C21H22FN5O2S2/c22-14-8-6-13(7-9-14)19-25-26-21(27(19)11-15-3-2-10-29-15)30-12-18(28)24-20-23-16-4-1-5-17(16)31-20/h6-9,15H,1-5,10-12H2,(H,23,24,28). The number of hydrogen-bond acceptors (Lipinski definition) is 7. The van der Waals surface area contributed by atoms with Crippen molar-refractivity contribution in [2.24, 2.45) is 0 Å². The number of ether oxygens (including phenoxy) is 1. The maximum absolute atomic E-state index is 13.4. The summed E-state index contributed by atoms with van der Waals surface area (Å²) in [6.45, 7) is 1.35. The van der Waals surface area contributed by atoms with Gasteiger partial charge in [-0.2, -0.15) is 0 Å². The van der Waals surface area contributed by atoms with Gasteiger partial charge in [0.2, 0.25) is 5.91 Å². The zero-order valence-corrected chi connectivity index (χ0v) is 18.5. The van der Waals surface area contributed by atoms with Gasteiger partial charge in [0.05, 0.1) is 24.1 Å². The Morgan fingerprint density at radius 3 is 2.90 bits per heavy atom. The van der Waals surface area contributed by atoms with Crippen LogP contribution in [0.15, 0.2) is 29.4 Å². The van der Waals surface area contributed by atoms with Gasteiger partial charge in [0.1, 0.15) is 5.82 Å². The van der Waals surface area contributed by atoms with Crippen molar-refractivity contribution >= 4 is 34.1 Å². The normalized spacial score (nSPS) is 17.8. The molecule has 1 aliphatic heterocycles. The van der Waals surface area contributed by atoms with Crippen molar-refractivity contribution in [3.05, 3.63) is 40.7 Å². The summed E-state index contributed by atoms with van der Waals surface area (Å²) in [4.78, 5) is 18.3. The number of nitrogens with one attached hydrogen (secondary N) is 1. The number of carbonyl (C=O) groups excluding carboxylic acids is 1. The number of aromatic nitrogens is 4. The summed E-state index contributed by atoms with van der Waals surface area (Å²) >= 11 is 2.90. The van der Waals surface area contributed by atoms with Crippen molar-refractivity contribution in [1.82, 2.24) is 19.7 Å². The summed E-state index contributed by atoms with van der Waals surface area (Å²) < 4.78 is 21.1. The molecule has 162 valence electrons. The van der Waals surface area contributed by atoms with Crippen LogP contribution in [0.25, 0.3) is 11.4 Å². The third-order valence-corrected chi connectivity index (χ3v) is 7.44. The molecule has 2 aromatic heterocycles. The van der Waals surface area contributed by atoms with Crippen molar-refractivity contribution in [2.75, 3.05) is 17.7 Å². The molecule has 1 aromatic carbocycles. The third kappa shape index (κ3) is 4.65. The average molecular weight is 460 g/mol. The van der Waals surface area contributed by atoms with E-state index in [2.05, 4.69) is 20.5 Å². The second-order valence-electron chi connectivity index (χ2n) is 7.64. The Kier molecular flexibility index (Phi) is 6.02. The maximum Gasteiger partial charge on any atom is 0.236 e. The minimum absolute atomic E-state index is 0.0843. The van der Waals surface area contributed by atoms with Crippen LogP contribution in [0, 0.1) is 5.82 Å². The molecule has 0 saturated carbocycles. The molecule has 3 heterocycles. The van der Waals surface area contributed by atoms with Gasteiger partial charge >= 0.3 is 0 Å². The van der Waals surface area contributed by atoms with E-state index in [9.17, 15) is 9.18 Å². The molecule has 1 saturated heterocycles. The second kappa shape index (κ2) is 9.05. The molecule has 1 amide bonds. The number of halogens is 1. The van der Waals surface area contributed by atoms with Gasteiger partial charge in [-0.25, -0.2) is 9.37 Å². The first-order valence-corrected chi connectivity index (χ1v) is 12.2. The lowest BCUT2D eigenvalue weighted by Gasteiger charge is -2.14. The predicted octanol–water partition coefficient (Wildman–Crippen LogP) is 3.94. The fraction of sp³-hybridized carbons (Fsp3) is 0.429. The lowest BCUT2D eigenvalue weighted by molar-refractivity contribution is -0.113. The highest BCUT2D eigenvalue weighted by Crippen LogP contribution is 2.31. The average Bonchev–Trinajstić information content (AvgIpc) is 3.53. The number of thioether (sulfide) groups is 1. The fourth-order valence-corrected chi connectivity index (χ4v) is 5.71. The first-order valence-electron chi connectivity index (χ1n) is 10.4. The molecule has 1 unspecified atom stereocenters. The maximum atomic E-state index is 13.4. The van der Waals surface area contributed by atoms with E-state index < -0.39 is 0 Å². The highest BCUT2D eigenvalue weighted by atomic mass is 32.2. The smallest absolute Gasteiger partial charge is 0.236 e. The molecule has 1 fully saturated rings. The molecule has 3 aromatic rings. The van der Waals surface area contributed by atoms with Crippen molar-refractivity contribution in [3.63, 3.8) is 0 Å². The van der Waals surface area contributed by atoms with Crippen LogP contribution >= 0.6 is 23.1 Å². The topological polar surface area (TPSA) is 81.9 Å². The number of anilines is 1. The van der Waals surface area contributed by atoms with Gasteiger partial charge in [-0.1, -0.05) is 11.8 Å². The number of benzene rings is 1. The first-order chi connectivity index (χ1) is 15.2. The number of hydrogen-bond donors (Lipinski definition) is 1. The summed E-state index contributed by atoms with van der Waals surface area (Å²) in [7, 11) is 0. The van der Waals surface area contributed by atoms with Crippen LogP contribution in [-0.4, -0.2) is 44.1 Å². The zero-order valence-electron chi connectivity index (χ0n) is 16.8. The van der Waals surface area contributed by atoms with E-state index in [1.165, 1.54) is 28.8 Å². The van der Waals surface area contributed by atoms with Gasteiger partial charge < -0.3 is 10.1 Å². The molecule has 5 rings (SSSR count). The number of rotatable bonds is 7. The molecule has 1 aliphatic carbocycles. The molecule has 10 heteroatoms. The second-order valence-corrected chi connectivity index (χ2v) is 9.66. The first kappa shape index (κ1) is 20.6. The summed E-state index contributed by atoms with van der Waals surface area (Å²) in [6, 6.07) is 6.19. The minimum Gasteiger partial charge on any atom is -0.376 e. The largest absolute Gasteiger partial charge is 0.376 e. The summed E-state index contributed by atoms with van der Waals surface area (Å²) in [5, 5.41) is 12.9. The highest BCUT2D eigenvalue weighted by Gasteiger charge is 2.23. The minimum atomic E-state index is -0.298. The Morgan fingerprint density at radius 2 is 2.13 bits per heavy atom. The predicted molar refractivity (Wildman–Crippen MR) is 118 cm³/mol. The Morgan fingerprint density at radius 1 is 1.26 bits per heavy atom. The molecule has 7 nitrogen and oxygen atoms in total. The quantitative estimate of drug-likeness (QED) is 0.539. The van der Waals surface area contributed by atoms with Crippen molar-refractivity contribution in [1.29, 1.82) is 0 Å². The van der Waals surface area contributed by atoms with Crippen LogP contribution in [0.1, 0.15) is 29.8 Å². The van der Waals surface area contributed by atoms with Crippen LogP contribution in [-0.2, 0) is 28.9 Å².